The first-order chi connectivity index (χ1) is 7.98. The van der Waals surface area contributed by atoms with Gasteiger partial charge in [-0.05, 0) is 54.4 Å². The maximum Gasteiger partial charge on any atom is 0.150 e. The van der Waals surface area contributed by atoms with Gasteiger partial charge in [-0.25, -0.2) is 0 Å². The van der Waals surface area contributed by atoms with Gasteiger partial charge in [-0.3, -0.25) is 4.79 Å². The Morgan fingerprint density at radius 2 is 2.24 bits per heavy atom. The average Bonchev–Trinajstić information content (AvgIpc) is 2.31. The first-order valence-electron chi connectivity index (χ1n) is 5.27. The van der Waals surface area contributed by atoms with Crippen LogP contribution in [-0.4, -0.2) is 12.9 Å². The van der Waals surface area contributed by atoms with Gasteiger partial charge in [0.25, 0.3) is 0 Å². The Kier molecular flexibility index (Phi) is 4.71. The van der Waals surface area contributed by atoms with Crippen LogP contribution in [0.5, 0.6) is 5.75 Å². The summed E-state index contributed by atoms with van der Waals surface area (Å²) < 4.78 is 6.31. The van der Waals surface area contributed by atoms with Gasteiger partial charge in [0, 0.05) is 5.56 Å². The van der Waals surface area contributed by atoms with Crippen molar-refractivity contribution in [2.45, 2.75) is 20.3 Å². The Balaban J connectivity index is 2.59. The number of nitrogens with zero attached hydrogens (tertiary/aromatic N) is 1. The first kappa shape index (κ1) is 13.7. The van der Waals surface area contributed by atoms with E-state index in [0.717, 1.165) is 10.8 Å². The number of hydrogen-bond acceptors (Lipinski definition) is 3. The van der Waals surface area contributed by atoms with Gasteiger partial charge in [0.2, 0.25) is 0 Å². The topological polar surface area (TPSA) is 50.1 Å². The summed E-state index contributed by atoms with van der Waals surface area (Å²) in [6.07, 6.45) is 1.44. The van der Waals surface area contributed by atoms with Gasteiger partial charge in [-0.1, -0.05) is 0 Å². The zero-order valence-corrected chi connectivity index (χ0v) is 11.5. The van der Waals surface area contributed by atoms with E-state index in [1.807, 2.05) is 13.8 Å². The summed E-state index contributed by atoms with van der Waals surface area (Å²) in [5.74, 6) is 0.685. The summed E-state index contributed by atoms with van der Waals surface area (Å²) in [4.78, 5) is 10.6. The van der Waals surface area contributed by atoms with E-state index in [-0.39, 0.29) is 5.41 Å². The molecule has 0 aromatic heterocycles. The quantitative estimate of drug-likeness (QED) is 0.780. The molecule has 0 atom stereocenters. The predicted molar refractivity (Wildman–Crippen MR) is 69.0 cm³/mol. The summed E-state index contributed by atoms with van der Waals surface area (Å²) in [5.41, 5.74) is 0.219. The number of halogens is 1. The van der Waals surface area contributed by atoms with E-state index in [1.54, 1.807) is 18.2 Å². The Labute approximate surface area is 110 Å². The molecule has 1 aromatic rings. The van der Waals surface area contributed by atoms with E-state index in [1.165, 1.54) is 0 Å². The number of benzene rings is 1. The summed E-state index contributed by atoms with van der Waals surface area (Å²) in [5, 5.41) is 8.86. The third kappa shape index (κ3) is 4.20. The normalized spacial score (nSPS) is 10.7. The number of rotatable bonds is 5. The maximum atomic E-state index is 10.6. The largest absolute Gasteiger partial charge is 0.492 e. The van der Waals surface area contributed by atoms with Crippen molar-refractivity contribution in [3.63, 3.8) is 0 Å². The molecule has 1 rings (SSSR count). The summed E-state index contributed by atoms with van der Waals surface area (Å²) in [6.45, 7) is 4.22. The van der Waals surface area contributed by atoms with Crippen LogP contribution in [0.25, 0.3) is 0 Å². The lowest BCUT2D eigenvalue weighted by Gasteiger charge is -2.15. The molecule has 0 bridgehead atoms. The van der Waals surface area contributed by atoms with E-state index >= 15 is 0 Å². The number of hydrogen-bond donors (Lipinski definition) is 0. The molecule has 17 heavy (non-hydrogen) atoms. The van der Waals surface area contributed by atoms with Gasteiger partial charge in [-0.15, -0.1) is 0 Å². The van der Waals surface area contributed by atoms with Gasteiger partial charge in [-0.2, -0.15) is 5.26 Å². The molecule has 0 saturated heterocycles. The molecule has 0 aliphatic heterocycles. The van der Waals surface area contributed by atoms with Crippen molar-refractivity contribution in [1.82, 2.24) is 0 Å². The highest BCUT2D eigenvalue weighted by Gasteiger charge is 2.16. The van der Waals surface area contributed by atoms with Crippen molar-refractivity contribution < 1.29 is 9.53 Å². The number of carbonyl (C=O) groups excluding carboxylic acids is 1. The van der Waals surface area contributed by atoms with E-state index in [0.29, 0.717) is 24.3 Å². The highest BCUT2D eigenvalue weighted by molar-refractivity contribution is 9.10. The fourth-order valence-electron chi connectivity index (χ4n) is 1.18. The molecule has 4 heteroatoms. The molecule has 0 spiro atoms. The van der Waals surface area contributed by atoms with Crippen molar-refractivity contribution in [3.8, 4) is 11.8 Å². The molecule has 0 unspecified atom stereocenters. The van der Waals surface area contributed by atoms with Gasteiger partial charge >= 0.3 is 0 Å². The maximum absolute atomic E-state index is 10.6. The molecular formula is C13H14BrNO2. The van der Waals surface area contributed by atoms with Crippen molar-refractivity contribution in [2.75, 3.05) is 6.61 Å². The van der Waals surface area contributed by atoms with Gasteiger partial charge in [0.15, 0.2) is 0 Å². The molecule has 0 saturated carbocycles. The second-order valence-electron chi connectivity index (χ2n) is 4.40. The minimum Gasteiger partial charge on any atom is -0.492 e. The lowest BCUT2D eigenvalue weighted by Crippen LogP contribution is -2.13. The highest BCUT2D eigenvalue weighted by atomic mass is 79.9. The van der Waals surface area contributed by atoms with Crippen molar-refractivity contribution in [2.24, 2.45) is 5.41 Å². The third-order valence-corrected chi connectivity index (χ3v) is 3.00. The van der Waals surface area contributed by atoms with E-state index in [2.05, 4.69) is 22.0 Å². The van der Waals surface area contributed by atoms with Crippen LogP contribution in [0.4, 0.5) is 0 Å². The average molecular weight is 296 g/mol. The number of nitriles is 1. The Bertz CT molecular complexity index is 449. The van der Waals surface area contributed by atoms with Gasteiger partial charge in [0.05, 0.1) is 22.6 Å². The predicted octanol–water partition coefficient (Wildman–Crippen LogP) is 3.58. The fourth-order valence-corrected chi connectivity index (χ4v) is 1.69. The smallest absolute Gasteiger partial charge is 0.150 e. The number of carbonyl (C=O) groups is 1. The second kappa shape index (κ2) is 5.83. The molecule has 0 fully saturated rings. The third-order valence-electron chi connectivity index (χ3n) is 2.38. The van der Waals surface area contributed by atoms with Gasteiger partial charge < -0.3 is 4.74 Å². The van der Waals surface area contributed by atoms with Crippen molar-refractivity contribution >= 4 is 22.2 Å². The molecule has 3 nitrogen and oxygen atoms in total. The van der Waals surface area contributed by atoms with Crippen LogP contribution in [0.3, 0.4) is 0 Å². The zero-order chi connectivity index (χ0) is 12.9. The molecular weight excluding hydrogens is 282 g/mol. The number of aldehydes is 1. The van der Waals surface area contributed by atoms with Crippen LogP contribution in [0.15, 0.2) is 22.7 Å². The van der Waals surface area contributed by atoms with Crippen molar-refractivity contribution in [1.29, 1.82) is 5.26 Å². The van der Waals surface area contributed by atoms with Crippen LogP contribution in [-0.2, 0) is 0 Å². The van der Waals surface area contributed by atoms with Gasteiger partial charge in [0.1, 0.15) is 12.0 Å². The monoisotopic (exact) mass is 295 g/mol. The highest BCUT2D eigenvalue weighted by Crippen LogP contribution is 2.27. The molecule has 90 valence electrons. The Morgan fingerprint density at radius 3 is 2.76 bits per heavy atom. The molecule has 1 aromatic carbocycles. The van der Waals surface area contributed by atoms with E-state index in [4.69, 9.17) is 10.00 Å². The van der Waals surface area contributed by atoms with Crippen LogP contribution >= 0.6 is 15.9 Å². The molecule has 0 aliphatic carbocycles. The molecule has 0 aliphatic rings. The van der Waals surface area contributed by atoms with E-state index in [9.17, 15) is 4.79 Å². The fraction of sp³-hybridized carbons (Fsp3) is 0.385. The minimum atomic E-state index is -0.380. The first-order valence-corrected chi connectivity index (χ1v) is 6.06. The molecule has 0 N–H and O–H groups in total. The second-order valence-corrected chi connectivity index (χ2v) is 5.26. The molecule has 0 heterocycles. The van der Waals surface area contributed by atoms with Crippen molar-refractivity contribution in [3.05, 3.63) is 28.2 Å². The van der Waals surface area contributed by atoms with Crippen LogP contribution in [0.1, 0.15) is 30.6 Å². The molecule has 0 radical (unpaired) electrons. The van der Waals surface area contributed by atoms with Crippen LogP contribution in [0, 0.1) is 16.7 Å². The lowest BCUT2D eigenvalue weighted by molar-refractivity contribution is 0.112. The molecule has 0 amide bonds. The van der Waals surface area contributed by atoms with Crippen LogP contribution in [0.2, 0.25) is 0 Å². The summed E-state index contributed by atoms with van der Waals surface area (Å²) in [6, 6.07) is 7.37. The standard InChI is InChI=1S/C13H14BrNO2/c1-13(2,9-15)5-6-17-12-4-3-10(8-16)7-11(12)14/h3-4,7-8H,5-6H2,1-2H3. The summed E-state index contributed by atoms with van der Waals surface area (Å²) in [7, 11) is 0. The Hall–Kier alpha value is -1.34. The SMILES string of the molecule is CC(C)(C#N)CCOc1ccc(C=O)cc1Br. The Morgan fingerprint density at radius 1 is 1.53 bits per heavy atom. The summed E-state index contributed by atoms with van der Waals surface area (Å²) >= 11 is 3.34. The lowest BCUT2D eigenvalue weighted by atomic mass is 9.92. The van der Waals surface area contributed by atoms with E-state index < -0.39 is 0 Å². The minimum absolute atomic E-state index is 0.380. The van der Waals surface area contributed by atoms with Crippen LogP contribution < -0.4 is 4.74 Å². The number of ether oxygens (including phenoxy) is 1. The zero-order valence-electron chi connectivity index (χ0n) is 9.87.